The third kappa shape index (κ3) is 2.25. The Morgan fingerprint density at radius 3 is 2.95 bits per heavy atom. The maximum absolute atomic E-state index is 11.3. The molecule has 0 aliphatic heterocycles. The number of fused-ring (bicyclic) bond motifs is 1. The van der Waals surface area contributed by atoms with Crippen LogP contribution in [0.25, 0.3) is 16.2 Å². The number of carboxylic acids is 1. The van der Waals surface area contributed by atoms with Crippen LogP contribution in [-0.2, 0) is 0 Å². The topological polar surface area (TPSA) is 76.7 Å². The van der Waals surface area contributed by atoms with Crippen LogP contribution in [0.15, 0.2) is 23.6 Å². The maximum atomic E-state index is 11.3. The van der Waals surface area contributed by atoms with Gasteiger partial charge >= 0.3 is 5.97 Å². The number of rotatable bonds is 4. The predicted molar refractivity (Wildman–Crippen MR) is 79.2 cm³/mol. The molecule has 0 spiro atoms. The van der Waals surface area contributed by atoms with Gasteiger partial charge in [0.15, 0.2) is 0 Å². The number of hydrogen-bond donors (Lipinski definition) is 1. The quantitative estimate of drug-likeness (QED) is 0.802. The van der Waals surface area contributed by atoms with Crippen LogP contribution < -0.4 is 4.74 Å². The Labute approximate surface area is 124 Å². The molecule has 108 valence electrons. The number of carboxylic acid groups (broad SMARTS) is 1. The third-order valence-electron chi connectivity index (χ3n) is 3.05. The first kappa shape index (κ1) is 13.6. The number of ether oxygens (including phenoxy) is 1. The Kier molecular flexibility index (Phi) is 3.34. The minimum atomic E-state index is -1.10. The zero-order valence-corrected chi connectivity index (χ0v) is 12.3. The molecule has 7 heteroatoms. The van der Waals surface area contributed by atoms with Crippen molar-refractivity contribution in [3.8, 4) is 17.0 Å². The SMILES string of the molecule is CCOc1ccc(C)cc1-c1csc2nnc(C(=O)O)n12. The first-order valence-corrected chi connectivity index (χ1v) is 7.29. The van der Waals surface area contributed by atoms with E-state index in [0.717, 1.165) is 16.8 Å². The fourth-order valence-electron chi connectivity index (χ4n) is 2.17. The summed E-state index contributed by atoms with van der Waals surface area (Å²) < 4.78 is 7.19. The van der Waals surface area contributed by atoms with Crippen molar-refractivity contribution in [2.75, 3.05) is 6.61 Å². The van der Waals surface area contributed by atoms with E-state index in [1.54, 1.807) is 4.40 Å². The lowest BCUT2D eigenvalue weighted by Gasteiger charge is -2.10. The molecule has 1 N–H and O–H groups in total. The van der Waals surface area contributed by atoms with Crippen LogP contribution in [0.1, 0.15) is 23.1 Å². The van der Waals surface area contributed by atoms with Crippen molar-refractivity contribution < 1.29 is 14.6 Å². The van der Waals surface area contributed by atoms with Crippen molar-refractivity contribution >= 4 is 22.3 Å². The summed E-state index contributed by atoms with van der Waals surface area (Å²) in [5, 5.41) is 18.7. The van der Waals surface area contributed by atoms with E-state index < -0.39 is 5.97 Å². The van der Waals surface area contributed by atoms with Crippen molar-refractivity contribution in [3.63, 3.8) is 0 Å². The summed E-state index contributed by atoms with van der Waals surface area (Å²) in [6, 6.07) is 5.82. The van der Waals surface area contributed by atoms with Crippen molar-refractivity contribution in [1.82, 2.24) is 14.6 Å². The highest BCUT2D eigenvalue weighted by Gasteiger charge is 2.20. The Hall–Kier alpha value is -2.41. The van der Waals surface area contributed by atoms with Gasteiger partial charge in [-0.3, -0.25) is 4.40 Å². The Morgan fingerprint density at radius 2 is 2.24 bits per heavy atom. The molecule has 0 unspecified atom stereocenters. The fraction of sp³-hybridized carbons (Fsp3) is 0.214. The molecule has 0 fully saturated rings. The number of thiazole rings is 1. The molecule has 0 radical (unpaired) electrons. The summed E-state index contributed by atoms with van der Waals surface area (Å²) in [6.45, 7) is 4.43. The van der Waals surface area contributed by atoms with Crippen molar-refractivity contribution in [2.24, 2.45) is 0 Å². The van der Waals surface area contributed by atoms with Gasteiger partial charge in [-0.2, -0.15) is 0 Å². The zero-order valence-electron chi connectivity index (χ0n) is 11.5. The second-order valence-electron chi connectivity index (χ2n) is 4.50. The van der Waals surface area contributed by atoms with E-state index in [2.05, 4.69) is 10.2 Å². The molecule has 3 rings (SSSR count). The summed E-state index contributed by atoms with van der Waals surface area (Å²) in [6.07, 6.45) is 0. The number of nitrogens with zero attached hydrogens (tertiary/aromatic N) is 3. The van der Waals surface area contributed by atoms with E-state index >= 15 is 0 Å². The van der Waals surface area contributed by atoms with Crippen LogP contribution in [0.5, 0.6) is 5.75 Å². The molecular weight excluding hydrogens is 290 g/mol. The van der Waals surface area contributed by atoms with Crippen molar-refractivity contribution in [3.05, 3.63) is 35.0 Å². The molecule has 0 bridgehead atoms. The molecule has 2 aromatic heterocycles. The molecule has 0 aliphatic carbocycles. The van der Waals surface area contributed by atoms with Gasteiger partial charge in [0.2, 0.25) is 10.8 Å². The second kappa shape index (κ2) is 5.17. The number of hydrogen-bond acceptors (Lipinski definition) is 5. The van der Waals surface area contributed by atoms with E-state index in [9.17, 15) is 9.90 Å². The lowest BCUT2D eigenvalue weighted by Crippen LogP contribution is -2.05. The van der Waals surface area contributed by atoms with Gasteiger partial charge in [0.25, 0.3) is 0 Å². The van der Waals surface area contributed by atoms with Gasteiger partial charge < -0.3 is 9.84 Å². The van der Waals surface area contributed by atoms with Gasteiger partial charge in [0.05, 0.1) is 12.3 Å². The summed E-state index contributed by atoms with van der Waals surface area (Å²) in [5.41, 5.74) is 2.63. The van der Waals surface area contributed by atoms with Crippen LogP contribution in [0, 0.1) is 6.92 Å². The largest absolute Gasteiger partial charge is 0.493 e. The normalized spacial score (nSPS) is 11.0. The highest BCUT2D eigenvalue weighted by molar-refractivity contribution is 7.15. The highest BCUT2D eigenvalue weighted by atomic mass is 32.1. The standard InChI is InChI=1S/C14H13N3O3S/c1-3-20-11-5-4-8(2)6-9(11)10-7-21-14-16-15-12(13(18)19)17(10)14/h4-7H,3H2,1-2H3,(H,18,19). The van der Waals surface area contributed by atoms with Crippen LogP contribution in [0.4, 0.5) is 0 Å². The molecule has 0 saturated carbocycles. The first-order chi connectivity index (χ1) is 10.1. The van der Waals surface area contributed by atoms with E-state index in [-0.39, 0.29) is 5.82 Å². The van der Waals surface area contributed by atoms with Crippen molar-refractivity contribution in [1.29, 1.82) is 0 Å². The van der Waals surface area contributed by atoms with Gasteiger partial charge in [0.1, 0.15) is 5.75 Å². The number of carbonyl (C=O) groups is 1. The average Bonchev–Trinajstić information content (AvgIpc) is 3.02. The lowest BCUT2D eigenvalue weighted by atomic mass is 10.1. The van der Waals surface area contributed by atoms with E-state index in [1.165, 1.54) is 11.3 Å². The average molecular weight is 303 g/mol. The predicted octanol–water partition coefficient (Wildman–Crippen LogP) is 2.86. The van der Waals surface area contributed by atoms with Gasteiger partial charge in [-0.05, 0) is 26.0 Å². The molecule has 2 heterocycles. The molecule has 1 aromatic carbocycles. The van der Waals surface area contributed by atoms with Gasteiger partial charge in [-0.15, -0.1) is 21.5 Å². The molecule has 21 heavy (non-hydrogen) atoms. The molecular formula is C14H13N3O3S. The van der Waals surface area contributed by atoms with Gasteiger partial charge in [0, 0.05) is 10.9 Å². The smallest absolute Gasteiger partial charge is 0.374 e. The number of aryl methyl sites for hydroxylation is 1. The van der Waals surface area contributed by atoms with Gasteiger partial charge in [-0.1, -0.05) is 11.6 Å². The number of aromatic nitrogens is 3. The molecule has 6 nitrogen and oxygen atoms in total. The van der Waals surface area contributed by atoms with E-state index in [4.69, 9.17) is 4.74 Å². The monoisotopic (exact) mass is 303 g/mol. The summed E-state index contributed by atoms with van der Waals surface area (Å²) >= 11 is 1.35. The molecule has 3 aromatic rings. The Morgan fingerprint density at radius 1 is 1.43 bits per heavy atom. The van der Waals surface area contributed by atoms with Crippen molar-refractivity contribution in [2.45, 2.75) is 13.8 Å². The molecule has 0 amide bonds. The minimum Gasteiger partial charge on any atom is -0.493 e. The minimum absolute atomic E-state index is 0.0924. The number of aromatic carboxylic acids is 1. The first-order valence-electron chi connectivity index (χ1n) is 6.41. The zero-order chi connectivity index (χ0) is 15.0. The summed E-state index contributed by atoms with van der Waals surface area (Å²) in [4.78, 5) is 11.8. The molecule has 0 aliphatic rings. The third-order valence-corrected chi connectivity index (χ3v) is 3.87. The van der Waals surface area contributed by atoms with E-state index in [1.807, 2.05) is 37.4 Å². The van der Waals surface area contributed by atoms with E-state index in [0.29, 0.717) is 17.3 Å². The van der Waals surface area contributed by atoms with Crippen LogP contribution in [-0.4, -0.2) is 32.3 Å². The Bertz CT molecular complexity index is 822. The van der Waals surface area contributed by atoms with Crippen LogP contribution >= 0.6 is 11.3 Å². The summed E-state index contributed by atoms with van der Waals surface area (Å²) in [5.74, 6) is -0.481. The summed E-state index contributed by atoms with van der Waals surface area (Å²) in [7, 11) is 0. The number of benzene rings is 1. The highest BCUT2D eigenvalue weighted by Crippen LogP contribution is 2.34. The Balaban J connectivity index is 2.27. The maximum Gasteiger partial charge on any atom is 0.374 e. The molecule has 0 atom stereocenters. The fourth-order valence-corrected chi connectivity index (χ4v) is 3.00. The van der Waals surface area contributed by atoms with Crippen LogP contribution in [0.3, 0.4) is 0 Å². The lowest BCUT2D eigenvalue weighted by molar-refractivity contribution is 0.0682. The second-order valence-corrected chi connectivity index (χ2v) is 5.34. The molecule has 0 saturated heterocycles. The van der Waals surface area contributed by atoms with Gasteiger partial charge in [-0.25, -0.2) is 4.79 Å². The van der Waals surface area contributed by atoms with Crippen LogP contribution in [0.2, 0.25) is 0 Å².